The van der Waals surface area contributed by atoms with Gasteiger partial charge in [0.2, 0.25) is 0 Å². The third kappa shape index (κ3) is 1.90. The number of nitrogens with zero attached hydrogens (tertiary/aromatic N) is 1. The van der Waals surface area contributed by atoms with E-state index in [9.17, 15) is 0 Å². The minimum atomic E-state index is -0.0226. The minimum absolute atomic E-state index is 0.0226. The number of anilines is 2. The lowest BCUT2D eigenvalue weighted by molar-refractivity contribution is 0.632. The molecule has 1 aliphatic heterocycles. The molecule has 0 saturated carbocycles. The highest BCUT2D eigenvalue weighted by atomic mass is 15.1. The Morgan fingerprint density at radius 3 is 2.08 bits per heavy atom. The van der Waals surface area contributed by atoms with Gasteiger partial charge in [-0.25, -0.2) is 0 Å². The molecule has 0 aliphatic carbocycles. The average Bonchev–Trinajstić information content (AvgIpc) is 2.64. The lowest BCUT2D eigenvalue weighted by atomic mass is 9.72. The predicted octanol–water partition coefficient (Wildman–Crippen LogP) is 6.40. The summed E-state index contributed by atoms with van der Waals surface area (Å²) in [4.78, 5) is 2.38. The van der Waals surface area contributed by atoms with Gasteiger partial charge in [-0.3, -0.25) is 0 Å². The number of rotatable bonds is 0. The van der Waals surface area contributed by atoms with E-state index in [1.165, 1.54) is 44.0 Å². The van der Waals surface area contributed by atoms with Crippen molar-refractivity contribution >= 4 is 32.9 Å². The molecule has 0 atom stereocenters. The summed E-state index contributed by atoms with van der Waals surface area (Å²) in [6, 6.07) is 26.6. The molecule has 25 heavy (non-hydrogen) atoms. The Morgan fingerprint density at radius 2 is 1.32 bits per heavy atom. The van der Waals surface area contributed by atoms with Gasteiger partial charge in [0.15, 0.2) is 0 Å². The largest absolute Gasteiger partial charge is 0.344 e. The van der Waals surface area contributed by atoms with E-state index in [4.69, 9.17) is 0 Å². The Labute approximate surface area is 148 Å². The maximum absolute atomic E-state index is 2.38. The maximum Gasteiger partial charge on any atom is 0.0529 e. The van der Waals surface area contributed by atoms with Gasteiger partial charge < -0.3 is 4.90 Å². The summed E-state index contributed by atoms with van der Waals surface area (Å²) in [6.07, 6.45) is 0. The van der Waals surface area contributed by atoms with Crippen LogP contribution in [0.3, 0.4) is 0 Å². The van der Waals surface area contributed by atoms with E-state index in [0.29, 0.717) is 0 Å². The highest BCUT2D eigenvalue weighted by molar-refractivity contribution is 6.02. The first-order valence-electron chi connectivity index (χ1n) is 8.86. The third-order valence-electron chi connectivity index (χ3n) is 5.81. The fraction of sp³-hybridized carbons (Fsp3) is 0.167. The van der Waals surface area contributed by atoms with Crippen LogP contribution in [0, 0.1) is 0 Å². The molecule has 0 spiro atoms. The molecule has 1 heterocycles. The Morgan fingerprint density at radius 1 is 0.680 bits per heavy atom. The van der Waals surface area contributed by atoms with Crippen LogP contribution in [0.5, 0.6) is 0 Å². The van der Waals surface area contributed by atoms with Crippen LogP contribution < -0.4 is 4.90 Å². The van der Waals surface area contributed by atoms with Crippen LogP contribution in [0.2, 0.25) is 0 Å². The van der Waals surface area contributed by atoms with Crippen LogP contribution >= 0.6 is 0 Å². The third-order valence-corrected chi connectivity index (χ3v) is 5.81. The van der Waals surface area contributed by atoms with E-state index >= 15 is 0 Å². The fourth-order valence-electron chi connectivity index (χ4n) is 4.39. The molecule has 0 aromatic heterocycles. The fourth-order valence-corrected chi connectivity index (χ4v) is 4.39. The summed E-state index contributed by atoms with van der Waals surface area (Å²) in [5, 5.41) is 5.24. The van der Waals surface area contributed by atoms with Gasteiger partial charge in [-0.15, -0.1) is 0 Å². The quantitative estimate of drug-likeness (QED) is 0.362. The number of fused-ring (bicyclic) bond motifs is 5. The molecule has 0 fully saturated rings. The molecule has 0 N–H and O–H groups in total. The van der Waals surface area contributed by atoms with Crippen LogP contribution in [-0.4, -0.2) is 7.05 Å². The van der Waals surface area contributed by atoms with Crippen LogP contribution in [0.15, 0.2) is 72.8 Å². The first-order chi connectivity index (χ1) is 12.1. The van der Waals surface area contributed by atoms with Crippen molar-refractivity contribution in [3.63, 3.8) is 0 Å². The van der Waals surface area contributed by atoms with Gasteiger partial charge in [-0.05, 0) is 39.4 Å². The number of hydrogen-bond donors (Lipinski definition) is 0. The number of benzene rings is 4. The van der Waals surface area contributed by atoms with Crippen LogP contribution in [0.25, 0.3) is 21.5 Å². The molecule has 122 valence electrons. The van der Waals surface area contributed by atoms with Crippen LogP contribution in [0.4, 0.5) is 11.4 Å². The van der Waals surface area contributed by atoms with Gasteiger partial charge in [-0.2, -0.15) is 0 Å². The van der Waals surface area contributed by atoms with Gasteiger partial charge in [0.25, 0.3) is 0 Å². The Hall–Kier alpha value is -2.80. The highest BCUT2D eigenvalue weighted by Crippen LogP contribution is 2.51. The average molecular weight is 323 g/mol. The SMILES string of the molecule is CN1c2cc3ccccc3cc2C(C)(C)c2ccc3ccccc3c21. The summed E-state index contributed by atoms with van der Waals surface area (Å²) in [6.45, 7) is 4.70. The molecule has 0 amide bonds. The highest BCUT2D eigenvalue weighted by Gasteiger charge is 2.36. The standard InChI is InChI=1S/C24H21N/c1-24(2)20-13-12-16-8-6-7-11-19(16)23(20)25(3)22-15-18-10-5-4-9-17(18)14-21(22)24/h4-15H,1-3H3. The van der Waals surface area contributed by atoms with Crippen LogP contribution in [-0.2, 0) is 5.41 Å². The topological polar surface area (TPSA) is 3.24 Å². The van der Waals surface area contributed by atoms with Crippen LogP contribution in [0.1, 0.15) is 25.0 Å². The van der Waals surface area contributed by atoms with Crippen molar-refractivity contribution in [1.29, 1.82) is 0 Å². The first-order valence-corrected chi connectivity index (χ1v) is 8.86. The maximum atomic E-state index is 2.38. The van der Waals surface area contributed by atoms with Gasteiger partial charge >= 0.3 is 0 Å². The first kappa shape index (κ1) is 14.5. The van der Waals surface area contributed by atoms with Crippen molar-refractivity contribution in [2.75, 3.05) is 11.9 Å². The Bertz CT molecular complexity index is 1130. The predicted molar refractivity (Wildman–Crippen MR) is 108 cm³/mol. The van der Waals surface area contributed by atoms with Crippen molar-refractivity contribution in [3.8, 4) is 0 Å². The van der Waals surface area contributed by atoms with E-state index in [1.54, 1.807) is 0 Å². The van der Waals surface area contributed by atoms with E-state index < -0.39 is 0 Å². The molecule has 0 unspecified atom stereocenters. The molecule has 1 heteroatoms. The lowest BCUT2D eigenvalue weighted by Gasteiger charge is -2.41. The summed E-state index contributed by atoms with van der Waals surface area (Å²) >= 11 is 0. The molecule has 4 aromatic carbocycles. The summed E-state index contributed by atoms with van der Waals surface area (Å²) in [5.41, 5.74) is 5.43. The Kier molecular flexibility index (Phi) is 2.82. The van der Waals surface area contributed by atoms with Gasteiger partial charge in [0.05, 0.1) is 5.69 Å². The molecular weight excluding hydrogens is 302 g/mol. The monoisotopic (exact) mass is 323 g/mol. The smallest absolute Gasteiger partial charge is 0.0529 e. The lowest BCUT2D eigenvalue weighted by Crippen LogP contribution is -2.31. The second-order valence-corrected chi connectivity index (χ2v) is 7.58. The molecule has 4 aromatic rings. The van der Waals surface area contributed by atoms with Gasteiger partial charge in [0.1, 0.15) is 0 Å². The zero-order valence-corrected chi connectivity index (χ0v) is 14.9. The van der Waals surface area contributed by atoms with Crippen molar-refractivity contribution in [3.05, 3.63) is 83.9 Å². The molecule has 0 radical (unpaired) electrons. The minimum Gasteiger partial charge on any atom is -0.344 e. The molecular formula is C24H21N. The molecule has 1 aliphatic rings. The summed E-state index contributed by atoms with van der Waals surface area (Å²) < 4.78 is 0. The van der Waals surface area contributed by atoms with E-state index in [2.05, 4.69) is 98.6 Å². The summed E-state index contributed by atoms with van der Waals surface area (Å²) in [5.74, 6) is 0. The Balaban J connectivity index is 1.90. The second kappa shape index (κ2) is 4.86. The number of hydrogen-bond acceptors (Lipinski definition) is 1. The van der Waals surface area contributed by atoms with Crippen molar-refractivity contribution in [2.45, 2.75) is 19.3 Å². The van der Waals surface area contributed by atoms with E-state index in [-0.39, 0.29) is 5.41 Å². The zero-order valence-electron chi connectivity index (χ0n) is 14.9. The van der Waals surface area contributed by atoms with Gasteiger partial charge in [0, 0.05) is 23.5 Å². The van der Waals surface area contributed by atoms with Gasteiger partial charge in [-0.1, -0.05) is 74.5 Å². The molecule has 1 nitrogen and oxygen atoms in total. The van der Waals surface area contributed by atoms with E-state index in [0.717, 1.165) is 0 Å². The van der Waals surface area contributed by atoms with Crippen molar-refractivity contribution in [1.82, 2.24) is 0 Å². The van der Waals surface area contributed by atoms with Crippen molar-refractivity contribution < 1.29 is 0 Å². The zero-order chi connectivity index (χ0) is 17.2. The second-order valence-electron chi connectivity index (χ2n) is 7.58. The molecule has 5 rings (SSSR count). The molecule has 0 saturated heterocycles. The van der Waals surface area contributed by atoms with Crippen molar-refractivity contribution in [2.24, 2.45) is 0 Å². The van der Waals surface area contributed by atoms with E-state index in [1.807, 2.05) is 0 Å². The summed E-state index contributed by atoms with van der Waals surface area (Å²) in [7, 11) is 2.20. The molecule has 0 bridgehead atoms. The normalized spacial score (nSPS) is 15.2.